The summed E-state index contributed by atoms with van der Waals surface area (Å²) in [7, 11) is 6.43. The lowest BCUT2D eigenvalue weighted by molar-refractivity contribution is 0.0992. The van der Waals surface area contributed by atoms with Gasteiger partial charge in [0, 0.05) is 24.4 Å². The summed E-state index contributed by atoms with van der Waals surface area (Å²) in [6, 6.07) is 12.4. The van der Waals surface area contributed by atoms with Crippen molar-refractivity contribution >= 4 is 11.6 Å². The quantitative estimate of drug-likeness (QED) is 0.852. The van der Waals surface area contributed by atoms with E-state index in [0.29, 0.717) is 17.1 Å². The Morgan fingerprint density at radius 2 is 1.32 bits per heavy atom. The van der Waals surface area contributed by atoms with E-state index in [2.05, 4.69) is 0 Å². The van der Waals surface area contributed by atoms with E-state index in [-0.39, 0.29) is 5.91 Å². The Morgan fingerprint density at radius 1 is 0.818 bits per heavy atom. The van der Waals surface area contributed by atoms with Crippen LogP contribution in [-0.2, 0) is 0 Å². The molecule has 116 valence electrons. The predicted octanol–water partition coefficient (Wildman–Crippen LogP) is 2.99. The van der Waals surface area contributed by atoms with Crippen LogP contribution in [0, 0.1) is 0 Å². The summed E-state index contributed by atoms with van der Waals surface area (Å²) in [5.74, 6) is 1.74. The Labute approximate surface area is 130 Å². The lowest BCUT2D eigenvalue weighted by atomic mass is 10.1. The predicted molar refractivity (Wildman–Crippen MR) is 85.3 cm³/mol. The van der Waals surface area contributed by atoms with E-state index < -0.39 is 0 Å². The number of amides is 1. The first-order valence-corrected chi connectivity index (χ1v) is 6.74. The molecule has 2 aromatic carbocycles. The van der Waals surface area contributed by atoms with Crippen LogP contribution in [0.25, 0.3) is 0 Å². The lowest BCUT2D eigenvalue weighted by Crippen LogP contribution is -2.26. The summed E-state index contributed by atoms with van der Waals surface area (Å²) in [6.07, 6.45) is 0. The van der Waals surface area contributed by atoms with E-state index in [4.69, 9.17) is 14.2 Å². The maximum absolute atomic E-state index is 12.6. The van der Waals surface area contributed by atoms with Crippen molar-refractivity contribution in [2.45, 2.75) is 0 Å². The van der Waals surface area contributed by atoms with Gasteiger partial charge in [-0.1, -0.05) is 0 Å². The van der Waals surface area contributed by atoms with Crippen LogP contribution >= 0.6 is 0 Å². The molecule has 0 bridgehead atoms. The minimum atomic E-state index is -0.151. The second kappa shape index (κ2) is 6.85. The number of hydrogen-bond acceptors (Lipinski definition) is 4. The Hall–Kier alpha value is -2.69. The van der Waals surface area contributed by atoms with Crippen LogP contribution in [0.5, 0.6) is 17.2 Å². The maximum Gasteiger partial charge on any atom is 0.258 e. The number of carbonyl (C=O) groups is 1. The van der Waals surface area contributed by atoms with E-state index in [1.54, 1.807) is 51.5 Å². The fourth-order valence-electron chi connectivity index (χ4n) is 2.05. The highest BCUT2D eigenvalue weighted by Crippen LogP contribution is 2.25. The number of carbonyl (C=O) groups excluding carboxylic acids is 1. The molecule has 2 aromatic rings. The minimum absolute atomic E-state index is 0.151. The van der Waals surface area contributed by atoms with Gasteiger partial charge in [0.15, 0.2) is 0 Å². The lowest BCUT2D eigenvalue weighted by Gasteiger charge is -2.18. The summed E-state index contributed by atoms with van der Waals surface area (Å²) in [5.41, 5.74) is 1.27. The second-order valence-corrected chi connectivity index (χ2v) is 4.66. The van der Waals surface area contributed by atoms with Gasteiger partial charge in [-0.25, -0.2) is 0 Å². The van der Waals surface area contributed by atoms with Crippen LogP contribution in [0.4, 0.5) is 5.69 Å². The second-order valence-electron chi connectivity index (χ2n) is 4.66. The third kappa shape index (κ3) is 3.31. The van der Waals surface area contributed by atoms with Crippen molar-refractivity contribution in [3.8, 4) is 17.2 Å². The molecule has 0 aliphatic rings. The highest BCUT2D eigenvalue weighted by molar-refractivity contribution is 6.06. The van der Waals surface area contributed by atoms with Gasteiger partial charge in [-0.2, -0.15) is 0 Å². The Balaban J connectivity index is 2.29. The molecule has 0 aliphatic heterocycles. The molecule has 0 atom stereocenters. The topological polar surface area (TPSA) is 48.0 Å². The number of benzene rings is 2. The van der Waals surface area contributed by atoms with Crippen molar-refractivity contribution in [1.29, 1.82) is 0 Å². The van der Waals surface area contributed by atoms with E-state index in [1.807, 2.05) is 24.3 Å². The summed E-state index contributed by atoms with van der Waals surface area (Å²) in [6.45, 7) is 0. The molecule has 1 amide bonds. The summed E-state index contributed by atoms with van der Waals surface area (Å²) in [5, 5.41) is 0. The SMILES string of the molecule is COc1ccc(N(C)C(=O)c2cc(OC)cc(OC)c2)cc1. The molecule has 5 nitrogen and oxygen atoms in total. The third-order valence-corrected chi connectivity index (χ3v) is 3.36. The zero-order chi connectivity index (χ0) is 16.1. The molecule has 0 aromatic heterocycles. The molecular weight excluding hydrogens is 282 g/mol. The van der Waals surface area contributed by atoms with E-state index in [1.165, 1.54) is 0 Å². The van der Waals surface area contributed by atoms with Gasteiger partial charge < -0.3 is 19.1 Å². The van der Waals surface area contributed by atoms with Gasteiger partial charge in [-0.3, -0.25) is 4.79 Å². The molecule has 5 heteroatoms. The monoisotopic (exact) mass is 301 g/mol. The largest absolute Gasteiger partial charge is 0.497 e. The molecule has 0 fully saturated rings. The average molecular weight is 301 g/mol. The summed E-state index contributed by atoms with van der Waals surface area (Å²) < 4.78 is 15.5. The van der Waals surface area contributed by atoms with Gasteiger partial charge >= 0.3 is 0 Å². The zero-order valence-electron chi connectivity index (χ0n) is 13.1. The fraction of sp³-hybridized carbons (Fsp3) is 0.235. The summed E-state index contributed by atoms with van der Waals surface area (Å²) >= 11 is 0. The molecular formula is C17H19NO4. The molecule has 0 heterocycles. The number of methoxy groups -OCH3 is 3. The molecule has 0 aliphatic carbocycles. The van der Waals surface area contributed by atoms with Crippen LogP contribution in [0.1, 0.15) is 10.4 Å². The summed E-state index contributed by atoms with van der Waals surface area (Å²) in [4.78, 5) is 14.2. The van der Waals surface area contributed by atoms with E-state index in [0.717, 1.165) is 11.4 Å². The molecule has 0 unspecified atom stereocenters. The number of nitrogens with zero attached hydrogens (tertiary/aromatic N) is 1. The highest BCUT2D eigenvalue weighted by atomic mass is 16.5. The average Bonchev–Trinajstić information content (AvgIpc) is 2.59. The first kappa shape index (κ1) is 15.7. The van der Waals surface area contributed by atoms with Crippen molar-refractivity contribution < 1.29 is 19.0 Å². The molecule has 2 rings (SSSR count). The third-order valence-electron chi connectivity index (χ3n) is 3.36. The van der Waals surface area contributed by atoms with Crippen LogP contribution in [0.2, 0.25) is 0 Å². The molecule has 0 saturated carbocycles. The van der Waals surface area contributed by atoms with Crippen molar-refractivity contribution in [2.75, 3.05) is 33.3 Å². The van der Waals surface area contributed by atoms with Gasteiger partial charge in [-0.15, -0.1) is 0 Å². The van der Waals surface area contributed by atoms with Gasteiger partial charge in [0.05, 0.1) is 21.3 Å². The Kier molecular flexibility index (Phi) is 4.88. The number of rotatable bonds is 5. The standard InChI is InChI=1S/C17H19NO4/c1-18(13-5-7-14(20-2)8-6-13)17(19)12-9-15(21-3)11-16(10-12)22-4/h5-11H,1-4H3. The smallest absolute Gasteiger partial charge is 0.258 e. The number of hydrogen-bond donors (Lipinski definition) is 0. The first-order valence-electron chi connectivity index (χ1n) is 6.74. The number of anilines is 1. The van der Waals surface area contributed by atoms with Crippen molar-refractivity contribution in [3.63, 3.8) is 0 Å². The van der Waals surface area contributed by atoms with Crippen LogP contribution in [-0.4, -0.2) is 34.3 Å². The van der Waals surface area contributed by atoms with Crippen LogP contribution in [0.15, 0.2) is 42.5 Å². The van der Waals surface area contributed by atoms with Crippen molar-refractivity contribution in [1.82, 2.24) is 0 Å². The molecule has 0 radical (unpaired) electrons. The molecule has 22 heavy (non-hydrogen) atoms. The number of ether oxygens (including phenoxy) is 3. The van der Waals surface area contributed by atoms with E-state index in [9.17, 15) is 4.79 Å². The normalized spacial score (nSPS) is 10.0. The Morgan fingerprint density at radius 3 is 1.77 bits per heavy atom. The minimum Gasteiger partial charge on any atom is -0.497 e. The van der Waals surface area contributed by atoms with Gasteiger partial charge in [0.2, 0.25) is 0 Å². The van der Waals surface area contributed by atoms with Crippen molar-refractivity contribution in [2.24, 2.45) is 0 Å². The van der Waals surface area contributed by atoms with Crippen LogP contribution < -0.4 is 19.1 Å². The van der Waals surface area contributed by atoms with E-state index >= 15 is 0 Å². The van der Waals surface area contributed by atoms with Gasteiger partial charge in [0.1, 0.15) is 17.2 Å². The highest BCUT2D eigenvalue weighted by Gasteiger charge is 2.16. The fourth-order valence-corrected chi connectivity index (χ4v) is 2.05. The molecule has 0 spiro atoms. The van der Waals surface area contributed by atoms with Crippen molar-refractivity contribution in [3.05, 3.63) is 48.0 Å². The maximum atomic E-state index is 12.6. The van der Waals surface area contributed by atoms with Gasteiger partial charge in [-0.05, 0) is 36.4 Å². The molecule has 0 saturated heterocycles. The Bertz CT molecular complexity index is 630. The molecule has 0 N–H and O–H groups in total. The zero-order valence-corrected chi connectivity index (χ0v) is 13.1. The first-order chi connectivity index (χ1) is 10.6. The van der Waals surface area contributed by atoms with Gasteiger partial charge in [0.25, 0.3) is 5.91 Å². The van der Waals surface area contributed by atoms with Crippen LogP contribution in [0.3, 0.4) is 0 Å².